The van der Waals surface area contributed by atoms with Crippen LogP contribution in [0.1, 0.15) is 45.4 Å². The molecule has 0 saturated heterocycles. The SMILES string of the molecule is CCCCCCCCn1cc(-c2cc3ccccc3oc2=O)nn1. The molecule has 0 N–H and O–H groups in total. The van der Waals surface area contributed by atoms with Crippen molar-refractivity contribution in [1.82, 2.24) is 15.0 Å². The quantitative estimate of drug-likeness (QED) is 0.454. The smallest absolute Gasteiger partial charge is 0.345 e. The third-order valence-electron chi connectivity index (χ3n) is 4.20. The average Bonchev–Trinajstić information content (AvgIpc) is 3.06. The Morgan fingerprint density at radius 2 is 1.88 bits per heavy atom. The van der Waals surface area contributed by atoms with Gasteiger partial charge in [0.2, 0.25) is 0 Å². The summed E-state index contributed by atoms with van der Waals surface area (Å²) in [5, 5.41) is 9.16. The van der Waals surface area contributed by atoms with Gasteiger partial charge in [-0.25, -0.2) is 4.79 Å². The number of fused-ring (bicyclic) bond motifs is 1. The van der Waals surface area contributed by atoms with Crippen LogP contribution in [0.2, 0.25) is 0 Å². The zero-order valence-electron chi connectivity index (χ0n) is 14.1. The third-order valence-corrected chi connectivity index (χ3v) is 4.20. The molecule has 0 amide bonds. The normalized spacial score (nSPS) is 11.2. The summed E-state index contributed by atoms with van der Waals surface area (Å²) in [7, 11) is 0. The van der Waals surface area contributed by atoms with Crippen LogP contribution in [0.4, 0.5) is 0 Å². The van der Waals surface area contributed by atoms with Crippen molar-refractivity contribution in [1.29, 1.82) is 0 Å². The molecule has 0 radical (unpaired) electrons. The predicted octanol–water partition coefficient (Wildman–Crippen LogP) is 4.41. The molecule has 0 unspecified atom stereocenters. The zero-order valence-corrected chi connectivity index (χ0v) is 14.1. The fourth-order valence-electron chi connectivity index (χ4n) is 2.83. The molecule has 5 heteroatoms. The van der Waals surface area contributed by atoms with Crippen molar-refractivity contribution in [3.63, 3.8) is 0 Å². The molecule has 0 aliphatic carbocycles. The molecule has 2 aromatic heterocycles. The Morgan fingerprint density at radius 3 is 2.75 bits per heavy atom. The van der Waals surface area contributed by atoms with Gasteiger partial charge in [-0.05, 0) is 18.6 Å². The minimum Gasteiger partial charge on any atom is -0.422 e. The van der Waals surface area contributed by atoms with Crippen LogP contribution in [0.25, 0.3) is 22.2 Å². The second kappa shape index (κ2) is 7.90. The van der Waals surface area contributed by atoms with E-state index in [1.807, 2.05) is 35.1 Å². The van der Waals surface area contributed by atoms with Gasteiger partial charge in [-0.3, -0.25) is 4.68 Å². The number of hydrogen-bond acceptors (Lipinski definition) is 4. The summed E-state index contributed by atoms with van der Waals surface area (Å²) < 4.78 is 7.17. The minimum atomic E-state index is -0.375. The lowest BCUT2D eigenvalue weighted by Gasteiger charge is -2.01. The van der Waals surface area contributed by atoms with Gasteiger partial charge in [-0.15, -0.1) is 5.10 Å². The molecule has 1 aromatic carbocycles. The largest absolute Gasteiger partial charge is 0.422 e. The van der Waals surface area contributed by atoms with Gasteiger partial charge in [-0.2, -0.15) is 0 Å². The van der Waals surface area contributed by atoms with Gasteiger partial charge in [-0.1, -0.05) is 62.4 Å². The van der Waals surface area contributed by atoms with Gasteiger partial charge >= 0.3 is 5.63 Å². The molecule has 0 saturated carbocycles. The second-order valence-corrected chi connectivity index (χ2v) is 6.12. The fraction of sp³-hybridized carbons (Fsp3) is 0.421. The molecule has 0 fully saturated rings. The van der Waals surface area contributed by atoms with Crippen LogP contribution in [0, 0.1) is 0 Å². The van der Waals surface area contributed by atoms with Crippen LogP contribution in [-0.2, 0) is 6.54 Å². The van der Waals surface area contributed by atoms with Gasteiger partial charge in [0, 0.05) is 11.9 Å². The molecule has 0 spiro atoms. The van der Waals surface area contributed by atoms with Crippen molar-refractivity contribution in [3.05, 3.63) is 46.9 Å². The molecule has 0 aliphatic heterocycles. The van der Waals surface area contributed by atoms with E-state index in [1.165, 1.54) is 32.1 Å². The van der Waals surface area contributed by atoms with Crippen LogP contribution in [0.3, 0.4) is 0 Å². The summed E-state index contributed by atoms with van der Waals surface area (Å²) in [5.41, 5.74) is 1.24. The first-order chi connectivity index (χ1) is 11.8. The lowest BCUT2D eigenvalue weighted by Crippen LogP contribution is -2.02. The molecule has 3 rings (SSSR count). The first-order valence-electron chi connectivity index (χ1n) is 8.71. The lowest BCUT2D eigenvalue weighted by molar-refractivity contribution is 0.516. The van der Waals surface area contributed by atoms with E-state index in [1.54, 1.807) is 6.07 Å². The van der Waals surface area contributed by atoms with Crippen molar-refractivity contribution in [3.8, 4) is 11.3 Å². The number of rotatable bonds is 8. The topological polar surface area (TPSA) is 60.9 Å². The molecule has 0 bridgehead atoms. The number of hydrogen-bond donors (Lipinski definition) is 0. The molecule has 5 nitrogen and oxygen atoms in total. The van der Waals surface area contributed by atoms with Gasteiger partial charge in [0.25, 0.3) is 0 Å². The maximum absolute atomic E-state index is 12.2. The van der Waals surface area contributed by atoms with Crippen molar-refractivity contribution < 1.29 is 4.42 Å². The molecule has 24 heavy (non-hydrogen) atoms. The zero-order chi connectivity index (χ0) is 16.8. The van der Waals surface area contributed by atoms with Crippen LogP contribution < -0.4 is 5.63 Å². The van der Waals surface area contributed by atoms with Crippen LogP contribution >= 0.6 is 0 Å². The lowest BCUT2D eigenvalue weighted by atomic mass is 10.1. The highest BCUT2D eigenvalue weighted by molar-refractivity contribution is 5.80. The predicted molar refractivity (Wildman–Crippen MR) is 94.9 cm³/mol. The molecular formula is C19H23N3O2. The number of para-hydroxylation sites is 1. The number of benzene rings is 1. The van der Waals surface area contributed by atoms with E-state index in [2.05, 4.69) is 17.2 Å². The van der Waals surface area contributed by atoms with Gasteiger partial charge < -0.3 is 4.42 Å². The van der Waals surface area contributed by atoms with E-state index >= 15 is 0 Å². The fourth-order valence-corrected chi connectivity index (χ4v) is 2.83. The summed E-state index contributed by atoms with van der Waals surface area (Å²) in [6.07, 6.45) is 9.26. The van der Waals surface area contributed by atoms with Crippen molar-refractivity contribution in [2.24, 2.45) is 0 Å². The Bertz CT molecular complexity index is 851. The van der Waals surface area contributed by atoms with Crippen LogP contribution in [0.5, 0.6) is 0 Å². The van der Waals surface area contributed by atoms with E-state index in [9.17, 15) is 4.79 Å². The number of aromatic nitrogens is 3. The molecular weight excluding hydrogens is 302 g/mol. The molecule has 0 aliphatic rings. The third kappa shape index (κ3) is 3.91. The Hall–Kier alpha value is -2.43. The van der Waals surface area contributed by atoms with E-state index in [-0.39, 0.29) is 5.63 Å². The molecule has 3 aromatic rings. The second-order valence-electron chi connectivity index (χ2n) is 6.12. The van der Waals surface area contributed by atoms with Crippen LogP contribution in [0.15, 0.2) is 45.7 Å². The Kier molecular flexibility index (Phi) is 5.41. The first kappa shape index (κ1) is 16.4. The van der Waals surface area contributed by atoms with E-state index in [0.29, 0.717) is 16.8 Å². The maximum atomic E-state index is 12.2. The summed E-state index contributed by atoms with van der Waals surface area (Å²) in [5.74, 6) is 0. The van der Waals surface area contributed by atoms with Crippen molar-refractivity contribution in [2.75, 3.05) is 0 Å². The average molecular weight is 325 g/mol. The number of unbranched alkanes of at least 4 members (excludes halogenated alkanes) is 5. The van der Waals surface area contributed by atoms with Crippen molar-refractivity contribution in [2.45, 2.75) is 52.0 Å². The molecule has 2 heterocycles. The highest BCUT2D eigenvalue weighted by Gasteiger charge is 2.11. The highest BCUT2D eigenvalue weighted by Crippen LogP contribution is 2.19. The Morgan fingerprint density at radius 1 is 1.08 bits per heavy atom. The number of nitrogens with zero attached hydrogens (tertiary/aromatic N) is 3. The van der Waals surface area contributed by atoms with Crippen LogP contribution in [-0.4, -0.2) is 15.0 Å². The summed E-state index contributed by atoms with van der Waals surface area (Å²) in [4.78, 5) is 12.2. The standard InChI is InChI=1S/C19H23N3O2/c1-2-3-4-5-6-9-12-22-14-17(20-21-22)16-13-15-10-7-8-11-18(15)24-19(16)23/h7-8,10-11,13-14H,2-6,9,12H2,1H3. The van der Waals surface area contributed by atoms with Gasteiger partial charge in [0.05, 0.1) is 11.8 Å². The summed E-state index contributed by atoms with van der Waals surface area (Å²) >= 11 is 0. The highest BCUT2D eigenvalue weighted by atomic mass is 16.4. The summed E-state index contributed by atoms with van der Waals surface area (Å²) in [6.45, 7) is 3.05. The van der Waals surface area contributed by atoms with E-state index in [4.69, 9.17) is 4.42 Å². The Labute approximate surface area is 141 Å². The minimum absolute atomic E-state index is 0.375. The number of aryl methyl sites for hydroxylation is 1. The first-order valence-corrected chi connectivity index (χ1v) is 8.71. The molecule has 126 valence electrons. The Balaban J connectivity index is 1.67. The maximum Gasteiger partial charge on any atom is 0.345 e. The van der Waals surface area contributed by atoms with E-state index in [0.717, 1.165) is 18.4 Å². The van der Waals surface area contributed by atoms with Gasteiger partial charge in [0.1, 0.15) is 11.3 Å². The molecule has 0 atom stereocenters. The monoisotopic (exact) mass is 325 g/mol. The summed E-state index contributed by atoms with van der Waals surface area (Å²) in [6, 6.07) is 9.29. The van der Waals surface area contributed by atoms with E-state index < -0.39 is 0 Å². The van der Waals surface area contributed by atoms with Crippen molar-refractivity contribution >= 4 is 11.0 Å². The van der Waals surface area contributed by atoms with Gasteiger partial charge in [0.15, 0.2) is 0 Å².